The van der Waals surface area contributed by atoms with E-state index in [9.17, 15) is 0 Å². The summed E-state index contributed by atoms with van der Waals surface area (Å²) in [7, 11) is 0. The van der Waals surface area contributed by atoms with Gasteiger partial charge in [-0.15, -0.1) is 0 Å². The second kappa shape index (κ2) is 38.8. The minimum atomic E-state index is -0.0664. The molecule has 2 N–H and O–H groups in total. The zero-order valence-corrected chi connectivity index (χ0v) is 28.1. The highest BCUT2D eigenvalue weighted by atomic mass is 16.7. The lowest BCUT2D eigenvalue weighted by Crippen LogP contribution is -2.24. The molecule has 0 amide bonds. The van der Waals surface area contributed by atoms with Crippen molar-refractivity contribution < 1.29 is 66.3 Å². The van der Waals surface area contributed by atoms with E-state index >= 15 is 0 Å². The first-order valence-electron chi connectivity index (χ1n) is 16.8. The summed E-state index contributed by atoms with van der Waals surface area (Å²) in [5.41, 5.74) is 5.33. The lowest BCUT2D eigenvalue weighted by molar-refractivity contribution is -0.169. The molecule has 0 aliphatic carbocycles. The summed E-state index contributed by atoms with van der Waals surface area (Å²) < 4.78 is 76.4. The Balaban J connectivity index is 1.59. The molecule has 0 spiro atoms. The molecular weight excluding hydrogens is 610 g/mol. The maximum absolute atomic E-state index is 5.61. The Hall–Kier alpha value is -0.600. The van der Waals surface area contributed by atoms with Gasteiger partial charge in [0, 0.05) is 13.2 Å². The van der Waals surface area contributed by atoms with Gasteiger partial charge in [-0.1, -0.05) is 0 Å². The molecule has 1 rings (SSSR count). The van der Waals surface area contributed by atoms with Crippen LogP contribution < -0.4 is 5.73 Å². The van der Waals surface area contributed by atoms with Gasteiger partial charge in [0.05, 0.1) is 165 Å². The molecule has 0 bridgehead atoms. The summed E-state index contributed by atoms with van der Waals surface area (Å²) in [5, 5.41) is 0. The molecule has 0 aromatic rings. The Labute approximate surface area is 276 Å². The van der Waals surface area contributed by atoms with E-state index in [0.717, 1.165) is 25.9 Å². The molecule has 15 nitrogen and oxygen atoms in total. The summed E-state index contributed by atoms with van der Waals surface area (Å²) in [6, 6.07) is 0. The van der Waals surface area contributed by atoms with Crippen LogP contribution in [-0.2, 0) is 66.3 Å². The van der Waals surface area contributed by atoms with Crippen molar-refractivity contribution in [1.82, 2.24) is 0 Å². The molecule has 1 aliphatic heterocycles. The van der Waals surface area contributed by atoms with Crippen LogP contribution in [0.4, 0.5) is 0 Å². The first-order chi connectivity index (χ1) is 22.9. The first-order valence-corrected chi connectivity index (χ1v) is 16.8. The molecule has 1 unspecified atom stereocenters. The fourth-order valence-corrected chi connectivity index (χ4v) is 3.69. The predicted molar refractivity (Wildman–Crippen MR) is 168 cm³/mol. The van der Waals surface area contributed by atoms with E-state index in [0.29, 0.717) is 172 Å². The third-order valence-electron chi connectivity index (χ3n) is 6.02. The van der Waals surface area contributed by atoms with Crippen LogP contribution >= 0.6 is 0 Å². The molecule has 0 aromatic heterocycles. The SMILES string of the molecule is NCCOCCOCCOCCOCCOCCOCCOCCOCCOCCOCCOCCOCCOC1CCCCO1. The average Bonchev–Trinajstić information content (AvgIpc) is 3.08. The summed E-state index contributed by atoms with van der Waals surface area (Å²) in [5.74, 6) is 0. The third kappa shape index (κ3) is 34.7. The average molecular weight is 674 g/mol. The molecule has 15 heteroatoms. The van der Waals surface area contributed by atoms with E-state index in [1.165, 1.54) is 0 Å². The lowest BCUT2D eigenvalue weighted by atomic mass is 10.2. The fraction of sp³-hybridized carbons (Fsp3) is 1.00. The van der Waals surface area contributed by atoms with Crippen molar-refractivity contribution in [3.8, 4) is 0 Å². The van der Waals surface area contributed by atoms with Crippen molar-refractivity contribution in [2.24, 2.45) is 5.73 Å². The molecule has 1 fully saturated rings. The summed E-state index contributed by atoms with van der Waals surface area (Å²) in [6.07, 6.45) is 3.19. The molecule has 1 saturated heterocycles. The number of nitrogens with two attached hydrogens (primary N) is 1. The van der Waals surface area contributed by atoms with Gasteiger partial charge in [-0.25, -0.2) is 0 Å². The topological polar surface area (TPSA) is 155 Å². The van der Waals surface area contributed by atoms with E-state index in [4.69, 9.17) is 72.0 Å². The van der Waals surface area contributed by atoms with Crippen LogP contribution in [0.25, 0.3) is 0 Å². The van der Waals surface area contributed by atoms with Crippen molar-refractivity contribution in [3.63, 3.8) is 0 Å². The van der Waals surface area contributed by atoms with Gasteiger partial charge in [0.2, 0.25) is 0 Å². The normalized spacial score (nSPS) is 15.2. The second-order valence-electron chi connectivity index (χ2n) is 9.80. The van der Waals surface area contributed by atoms with Crippen LogP contribution in [0.2, 0.25) is 0 Å². The Bertz CT molecular complexity index is 563. The zero-order chi connectivity index (χ0) is 32.7. The van der Waals surface area contributed by atoms with Crippen molar-refractivity contribution in [2.75, 3.05) is 178 Å². The molecule has 46 heavy (non-hydrogen) atoms. The molecule has 276 valence electrons. The summed E-state index contributed by atoms with van der Waals surface area (Å²) in [6.45, 7) is 14.4. The van der Waals surface area contributed by atoms with Gasteiger partial charge in [0.25, 0.3) is 0 Å². The van der Waals surface area contributed by atoms with Crippen molar-refractivity contribution in [3.05, 3.63) is 0 Å². The summed E-state index contributed by atoms with van der Waals surface area (Å²) >= 11 is 0. The maximum atomic E-state index is 5.61. The minimum absolute atomic E-state index is 0.0664. The minimum Gasteiger partial charge on any atom is -0.378 e. The van der Waals surface area contributed by atoms with E-state index in [1.807, 2.05) is 0 Å². The second-order valence-corrected chi connectivity index (χ2v) is 9.80. The zero-order valence-electron chi connectivity index (χ0n) is 28.1. The number of hydrogen-bond acceptors (Lipinski definition) is 15. The van der Waals surface area contributed by atoms with Crippen LogP contribution in [0, 0.1) is 0 Å². The Morgan fingerprint density at radius 1 is 0.348 bits per heavy atom. The van der Waals surface area contributed by atoms with Gasteiger partial charge in [0.1, 0.15) is 0 Å². The van der Waals surface area contributed by atoms with E-state index in [2.05, 4.69) is 0 Å². The monoisotopic (exact) mass is 673 g/mol. The van der Waals surface area contributed by atoms with Gasteiger partial charge in [-0.3, -0.25) is 0 Å². The largest absolute Gasteiger partial charge is 0.378 e. The highest BCUT2D eigenvalue weighted by molar-refractivity contribution is 4.53. The van der Waals surface area contributed by atoms with Crippen molar-refractivity contribution >= 4 is 0 Å². The third-order valence-corrected chi connectivity index (χ3v) is 6.02. The molecule has 1 heterocycles. The number of hydrogen-bond donors (Lipinski definition) is 1. The van der Waals surface area contributed by atoms with Crippen LogP contribution in [0.3, 0.4) is 0 Å². The van der Waals surface area contributed by atoms with Crippen LogP contribution in [-0.4, -0.2) is 185 Å². The van der Waals surface area contributed by atoms with Gasteiger partial charge < -0.3 is 72.0 Å². The quantitative estimate of drug-likeness (QED) is 0.0909. The first kappa shape index (κ1) is 43.4. The van der Waals surface area contributed by atoms with Crippen LogP contribution in [0.5, 0.6) is 0 Å². The van der Waals surface area contributed by atoms with Gasteiger partial charge >= 0.3 is 0 Å². The highest BCUT2D eigenvalue weighted by Gasteiger charge is 2.13. The van der Waals surface area contributed by atoms with Gasteiger partial charge in [0.15, 0.2) is 6.29 Å². The van der Waals surface area contributed by atoms with Crippen molar-refractivity contribution in [1.29, 1.82) is 0 Å². The van der Waals surface area contributed by atoms with Crippen LogP contribution in [0.15, 0.2) is 0 Å². The van der Waals surface area contributed by atoms with Gasteiger partial charge in [-0.2, -0.15) is 0 Å². The molecule has 1 aliphatic rings. The highest BCUT2D eigenvalue weighted by Crippen LogP contribution is 2.13. The number of rotatable bonds is 39. The molecule has 1 atom stereocenters. The van der Waals surface area contributed by atoms with E-state index in [-0.39, 0.29) is 6.29 Å². The van der Waals surface area contributed by atoms with E-state index in [1.54, 1.807) is 0 Å². The molecule has 0 aromatic carbocycles. The molecular formula is C31H63NO14. The maximum Gasteiger partial charge on any atom is 0.157 e. The summed E-state index contributed by atoms with van der Waals surface area (Å²) in [4.78, 5) is 0. The smallest absolute Gasteiger partial charge is 0.157 e. The van der Waals surface area contributed by atoms with Crippen molar-refractivity contribution in [2.45, 2.75) is 25.6 Å². The molecule has 0 radical (unpaired) electrons. The Kier molecular flexibility index (Phi) is 36.7. The fourth-order valence-electron chi connectivity index (χ4n) is 3.69. The number of ether oxygens (including phenoxy) is 14. The Morgan fingerprint density at radius 2 is 0.609 bits per heavy atom. The van der Waals surface area contributed by atoms with Crippen LogP contribution in [0.1, 0.15) is 19.3 Å². The lowest BCUT2D eigenvalue weighted by Gasteiger charge is -2.22. The van der Waals surface area contributed by atoms with Gasteiger partial charge in [-0.05, 0) is 19.3 Å². The molecule has 0 saturated carbocycles. The Morgan fingerprint density at radius 3 is 0.848 bits per heavy atom. The van der Waals surface area contributed by atoms with E-state index < -0.39 is 0 Å². The standard InChI is InChI=1S/C31H63NO14/c32-4-6-33-7-8-34-9-10-35-11-12-36-13-14-37-15-16-38-17-18-39-19-20-40-21-22-41-23-24-42-25-26-43-27-28-44-29-30-46-31-3-1-2-5-45-31/h31H,1-30,32H2. The predicted octanol–water partition coefficient (Wildman–Crippen LogP) is 0.688.